The largest absolute Gasteiger partial charge is 0.454 e. The van der Waals surface area contributed by atoms with E-state index in [1.807, 2.05) is 32.0 Å². The predicted octanol–water partition coefficient (Wildman–Crippen LogP) is 1.96. The van der Waals surface area contributed by atoms with Gasteiger partial charge in [0.1, 0.15) is 0 Å². The summed E-state index contributed by atoms with van der Waals surface area (Å²) in [7, 11) is 0. The number of aryl methyl sites for hydroxylation is 2. The van der Waals surface area contributed by atoms with Gasteiger partial charge in [-0.05, 0) is 49.9 Å². The molecule has 0 bridgehead atoms. The lowest BCUT2D eigenvalue weighted by Gasteiger charge is -2.10. The average Bonchev–Trinajstić information content (AvgIpc) is 2.94. The lowest BCUT2D eigenvalue weighted by atomic mass is 10.1. The number of esters is 1. The van der Waals surface area contributed by atoms with E-state index in [-0.39, 0.29) is 12.5 Å². The SMILES string of the molecule is Cc1ccc(NC(=O)COC(=O)[C@@H]2CCCO2)cc1C. The number of carbonyl (C=O) groups excluding carboxylic acids is 2. The number of amides is 1. The zero-order valence-electron chi connectivity index (χ0n) is 11.8. The number of hydrogen-bond donors (Lipinski definition) is 1. The fourth-order valence-electron chi connectivity index (χ4n) is 2.01. The smallest absolute Gasteiger partial charge is 0.335 e. The van der Waals surface area contributed by atoms with E-state index in [0.29, 0.717) is 18.7 Å². The Bertz CT molecular complexity index is 507. The van der Waals surface area contributed by atoms with Crippen LogP contribution in [-0.4, -0.2) is 31.2 Å². The maximum Gasteiger partial charge on any atom is 0.335 e. The summed E-state index contributed by atoms with van der Waals surface area (Å²) in [4.78, 5) is 23.3. The van der Waals surface area contributed by atoms with Crippen molar-refractivity contribution in [3.8, 4) is 0 Å². The van der Waals surface area contributed by atoms with Gasteiger partial charge in [0, 0.05) is 12.3 Å². The summed E-state index contributed by atoms with van der Waals surface area (Å²) in [5.74, 6) is -0.808. The first-order valence-electron chi connectivity index (χ1n) is 6.71. The van der Waals surface area contributed by atoms with Crippen LogP contribution in [-0.2, 0) is 19.1 Å². The van der Waals surface area contributed by atoms with Gasteiger partial charge in [-0.1, -0.05) is 6.07 Å². The topological polar surface area (TPSA) is 64.6 Å². The van der Waals surface area contributed by atoms with Crippen molar-refractivity contribution in [2.24, 2.45) is 0 Å². The highest BCUT2D eigenvalue weighted by Gasteiger charge is 2.25. The summed E-state index contributed by atoms with van der Waals surface area (Å²) >= 11 is 0. The van der Waals surface area contributed by atoms with Crippen LogP contribution >= 0.6 is 0 Å². The van der Waals surface area contributed by atoms with Gasteiger partial charge in [0.15, 0.2) is 12.7 Å². The van der Waals surface area contributed by atoms with Crippen LogP contribution < -0.4 is 5.32 Å². The number of nitrogens with one attached hydrogen (secondary N) is 1. The van der Waals surface area contributed by atoms with E-state index < -0.39 is 12.1 Å². The van der Waals surface area contributed by atoms with Crippen molar-refractivity contribution in [1.82, 2.24) is 0 Å². The third kappa shape index (κ3) is 3.81. The van der Waals surface area contributed by atoms with Gasteiger partial charge in [0.05, 0.1) is 0 Å². The fraction of sp³-hybridized carbons (Fsp3) is 0.467. The Morgan fingerprint density at radius 2 is 2.15 bits per heavy atom. The minimum atomic E-state index is -0.510. The molecule has 0 aliphatic carbocycles. The molecule has 1 aromatic rings. The van der Waals surface area contributed by atoms with Crippen molar-refractivity contribution in [1.29, 1.82) is 0 Å². The van der Waals surface area contributed by atoms with E-state index in [0.717, 1.165) is 17.5 Å². The summed E-state index contributed by atoms with van der Waals surface area (Å²) in [5.41, 5.74) is 2.96. The minimum Gasteiger partial charge on any atom is -0.454 e. The molecule has 20 heavy (non-hydrogen) atoms. The standard InChI is InChI=1S/C15H19NO4/c1-10-5-6-12(8-11(10)2)16-14(17)9-20-15(18)13-4-3-7-19-13/h5-6,8,13H,3-4,7,9H2,1-2H3,(H,16,17)/t13-/m0/s1. The van der Waals surface area contributed by atoms with Crippen molar-refractivity contribution in [2.45, 2.75) is 32.8 Å². The molecule has 1 atom stereocenters. The zero-order chi connectivity index (χ0) is 14.5. The van der Waals surface area contributed by atoms with Crippen molar-refractivity contribution in [3.63, 3.8) is 0 Å². The number of benzene rings is 1. The molecule has 2 rings (SSSR count). The van der Waals surface area contributed by atoms with E-state index in [1.165, 1.54) is 0 Å². The molecule has 5 heteroatoms. The normalized spacial score (nSPS) is 17.8. The molecule has 0 spiro atoms. The zero-order valence-corrected chi connectivity index (χ0v) is 11.8. The fourth-order valence-corrected chi connectivity index (χ4v) is 2.01. The highest BCUT2D eigenvalue weighted by molar-refractivity contribution is 5.93. The Morgan fingerprint density at radius 1 is 1.35 bits per heavy atom. The summed E-state index contributed by atoms with van der Waals surface area (Å²) < 4.78 is 10.1. The molecule has 1 saturated heterocycles. The molecule has 0 aromatic heterocycles. The van der Waals surface area contributed by atoms with Gasteiger partial charge in [-0.15, -0.1) is 0 Å². The Hall–Kier alpha value is -1.88. The molecule has 108 valence electrons. The number of hydrogen-bond acceptors (Lipinski definition) is 4. The third-order valence-corrected chi connectivity index (χ3v) is 3.33. The molecule has 1 heterocycles. The van der Waals surface area contributed by atoms with Crippen LogP contribution in [0.2, 0.25) is 0 Å². The molecule has 1 aliphatic rings. The molecule has 1 N–H and O–H groups in total. The number of rotatable bonds is 4. The van der Waals surface area contributed by atoms with Crippen molar-refractivity contribution in [3.05, 3.63) is 29.3 Å². The average molecular weight is 277 g/mol. The van der Waals surface area contributed by atoms with Crippen LogP contribution in [0.4, 0.5) is 5.69 Å². The van der Waals surface area contributed by atoms with Gasteiger partial charge in [0.2, 0.25) is 0 Å². The molecular weight excluding hydrogens is 258 g/mol. The van der Waals surface area contributed by atoms with Gasteiger partial charge < -0.3 is 14.8 Å². The minimum absolute atomic E-state index is 0.286. The van der Waals surface area contributed by atoms with Gasteiger partial charge in [-0.3, -0.25) is 4.79 Å². The van der Waals surface area contributed by atoms with Gasteiger partial charge in [-0.25, -0.2) is 4.79 Å². The van der Waals surface area contributed by atoms with Crippen LogP contribution in [0.3, 0.4) is 0 Å². The van der Waals surface area contributed by atoms with Crippen LogP contribution in [0, 0.1) is 13.8 Å². The van der Waals surface area contributed by atoms with E-state index in [1.54, 1.807) is 0 Å². The van der Waals surface area contributed by atoms with Crippen LogP contribution in [0.15, 0.2) is 18.2 Å². The van der Waals surface area contributed by atoms with Crippen LogP contribution in [0.5, 0.6) is 0 Å². The first kappa shape index (κ1) is 14.5. The molecular formula is C15H19NO4. The van der Waals surface area contributed by atoms with Crippen LogP contribution in [0.25, 0.3) is 0 Å². The second-order valence-electron chi connectivity index (χ2n) is 4.96. The quantitative estimate of drug-likeness (QED) is 0.854. The molecule has 1 amide bonds. The molecule has 0 saturated carbocycles. The van der Waals surface area contributed by atoms with E-state index in [2.05, 4.69) is 5.32 Å². The van der Waals surface area contributed by atoms with E-state index >= 15 is 0 Å². The summed E-state index contributed by atoms with van der Waals surface area (Å²) in [5, 5.41) is 2.70. The second kappa shape index (κ2) is 6.52. The maximum atomic E-state index is 11.7. The number of ether oxygens (including phenoxy) is 2. The third-order valence-electron chi connectivity index (χ3n) is 3.33. The summed E-state index contributed by atoms with van der Waals surface area (Å²) in [6.07, 6.45) is 1.01. The summed E-state index contributed by atoms with van der Waals surface area (Å²) in [6.45, 7) is 4.27. The molecule has 1 aliphatic heterocycles. The molecule has 1 aromatic carbocycles. The second-order valence-corrected chi connectivity index (χ2v) is 4.96. The van der Waals surface area contributed by atoms with E-state index in [9.17, 15) is 9.59 Å². The maximum absolute atomic E-state index is 11.7. The molecule has 0 unspecified atom stereocenters. The summed E-state index contributed by atoms with van der Waals surface area (Å²) in [6, 6.07) is 5.64. The number of anilines is 1. The Kier molecular flexibility index (Phi) is 4.74. The first-order valence-corrected chi connectivity index (χ1v) is 6.71. The Balaban J connectivity index is 1.80. The predicted molar refractivity (Wildman–Crippen MR) is 74.5 cm³/mol. The molecule has 5 nitrogen and oxygen atoms in total. The van der Waals surface area contributed by atoms with Gasteiger partial charge >= 0.3 is 5.97 Å². The highest BCUT2D eigenvalue weighted by atomic mass is 16.6. The van der Waals surface area contributed by atoms with Crippen molar-refractivity contribution in [2.75, 3.05) is 18.5 Å². The van der Waals surface area contributed by atoms with Crippen molar-refractivity contribution < 1.29 is 19.1 Å². The first-order chi connectivity index (χ1) is 9.56. The van der Waals surface area contributed by atoms with E-state index in [4.69, 9.17) is 9.47 Å². The molecule has 1 fully saturated rings. The monoisotopic (exact) mass is 277 g/mol. The Morgan fingerprint density at radius 3 is 2.80 bits per heavy atom. The Labute approximate surface area is 118 Å². The lowest BCUT2D eigenvalue weighted by molar-refractivity contribution is -0.156. The van der Waals surface area contributed by atoms with Gasteiger partial charge in [-0.2, -0.15) is 0 Å². The van der Waals surface area contributed by atoms with Crippen molar-refractivity contribution >= 4 is 17.6 Å². The lowest BCUT2D eigenvalue weighted by Crippen LogP contribution is -2.27. The highest BCUT2D eigenvalue weighted by Crippen LogP contribution is 2.15. The number of carbonyl (C=O) groups is 2. The van der Waals surface area contributed by atoms with Crippen LogP contribution in [0.1, 0.15) is 24.0 Å². The molecule has 0 radical (unpaired) electrons. The van der Waals surface area contributed by atoms with Gasteiger partial charge in [0.25, 0.3) is 5.91 Å².